The summed E-state index contributed by atoms with van der Waals surface area (Å²) in [4.78, 5) is 14.5. The highest BCUT2D eigenvalue weighted by Gasteiger charge is 2.18. The number of halogens is 1. The Morgan fingerprint density at radius 3 is 2.26 bits per heavy atom. The minimum absolute atomic E-state index is 0.288. The zero-order valence-electron chi connectivity index (χ0n) is 13.8. The summed E-state index contributed by atoms with van der Waals surface area (Å²) >= 11 is 5.94. The number of hydrogen-bond donors (Lipinski definition) is 0. The lowest BCUT2D eigenvalue weighted by molar-refractivity contribution is 0.0261. The van der Waals surface area contributed by atoms with Gasteiger partial charge in [-0.3, -0.25) is 0 Å². The molecule has 23 heavy (non-hydrogen) atoms. The van der Waals surface area contributed by atoms with Gasteiger partial charge in [0.25, 0.3) is 0 Å². The van der Waals surface area contributed by atoms with E-state index >= 15 is 0 Å². The summed E-state index contributed by atoms with van der Waals surface area (Å²) in [5.41, 5.74) is 2.64. The van der Waals surface area contributed by atoms with Crippen molar-refractivity contribution >= 4 is 17.6 Å². The summed E-state index contributed by atoms with van der Waals surface area (Å²) in [5.74, 6) is -0.302. The van der Waals surface area contributed by atoms with Crippen molar-refractivity contribution in [3.8, 4) is 0 Å². The second-order valence-electron chi connectivity index (χ2n) is 5.90. The molecule has 0 saturated carbocycles. The molecule has 0 saturated heterocycles. The molecule has 3 nitrogen and oxygen atoms in total. The summed E-state index contributed by atoms with van der Waals surface area (Å²) in [6.45, 7) is 2.82. The second-order valence-corrected chi connectivity index (χ2v) is 6.34. The maximum absolute atomic E-state index is 12.4. The van der Waals surface area contributed by atoms with Crippen LogP contribution < -0.4 is 0 Å². The van der Waals surface area contributed by atoms with Gasteiger partial charge in [-0.15, -0.1) is 0 Å². The van der Waals surface area contributed by atoms with Gasteiger partial charge in [-0.05, 0) is 50.8 Å². The normalized spacial score (nSPS) is 12.2. The molecule has 0 aliphatic carbocycles. The third-order valence-electron chi connectivity index (χ3n) is 3.62. The van der Waals surface area contributed by atoms with Gasteiger partial charge in [0.05, 0.1) is 5.56 Å². The Kier molecular flexibility index (Phi) is 6.20. The first-order valence-corrected chi connectivity index (χ1v) is 8.01. The van der Waals surface area contributed by atoms with Crippen molar-refractivity contribution in [2.24, 2.45) is 0 Å². The van der Waals surface area contributed by atoms with Gasteiger partial charge in [-0.1, -0.05) is 41.4 Å². The Morgan fingerprint density at radius 1 is 1.09 bits per heavy atom. The van der Waals surface area contributed by atoms with Crippen LogP contribution in [0.25, 0.3) is 0 Å². The van der Waals surface area contributed by atoms with Gasteiger partial charge < -0.3 is 9.64 Å². The van der Waals surface area contributed by atoms with Crippen LogP contribution in [0.4, 0.5) is 0 Å². The monoisotopic (exact) mass is 331 g/mol. The predicted octanol–water partition coefficient (Wildman–Crippen LogP) is 4.50. The lowest BCUT2D eigenvalue weighted by atomic mass is 10.1. The Balaban J connectivity index is 2.14. The van der Waals surface area contributed by atoms with E-state index in [4.69, 9.17) is 16.3 Å². The van der Waals surface area contributed by atoms with Crippen LogP contribution in [0, 0.1) is 6.92 Å². The predicted molar refractivity (Wildman–Crippen MR) is 94.0 cm³/mol. The van der Waals surface area contributed by atoms with Gasteiger partial charge in [-0.2, -0.15) is 0 Å². The van der Waals surface area contributed by atoms with Crippen molar-refractivity contribution in [2.75, 3.05) is 20.6 Å². The van der Waals surface area contributed by atoms with E-state index in [1.165, 1.54) is 0 Å². The van der Waals surface area contributed by atoms with Gasteiger partial charge >= 0.3 is 5.97 Å². The second kappa shape index (κ2) is 8.14. The van der Waals surface area contributed by atoms with E-state index < -0.39 is 0 Å². The van der Waals surface area contributed by atoms with Crippen molar-refractivity contribution in [2.45, 2.75) is 19.4 Å². The Bertz CT molecular complexity index is 635. The number of carbonyl (C=O) groups excluding carboxylic acids is 1. The van der Waals surface area contributed by atoms with Crippen molar-refractivity contribution in [1.82, 2.24) is 4.90 Å². The van der Waals surface area contributed by atoms with Crippen molar-refractivity contribution in [3.63, 3.8) is 0 Å². The molecule has 0 radical (unpaired) electrons. The fraction of sp³-hybridized carbons (Fsp3) is 0.316. The molecule has 4 heteroatoms. The van der Waals surface area contributed by atoms with Gasteiger partial charge in [0.2, 0.25) is 0 Å². The number of hydrogen-bond acceptors (Lipinski definition) is 3. The number of rotatable bonds is 6. The minimum atomic E-state index is -0.302. The molecular formula is C19H22ClNO2. The van der Waals surface area contributed by atoms with Crippen LogP contribution in [-0.2, 0) is 4.74 Å². The van der Waals surface area contributed by atoms with Crippen LogP contribution in [0.15, 0.2) is 48.5 Å². The highest BCUT2D eigenvalue weighted by atomic mass is 35.5. The smallest absolute Gasteiger partial charge is 0.338 e. The standard InChI is InChI=1S/C19H22ClNO2/c1-14-4-6-16(7-5-14)19(22)23-18(12-13-21(2)3)15-8-10-17(20)11-9-15/h4-11,18H,12-13H2,1-3H3. The highest BCUT2D eigenvalue weighted by Crippen LogP contribution is 2.24. The molecule has 0 spiro atoms. The maximum Gasteiger partial charge on any atom is 0.338 e. The summed E-state index contributed by atoms with van der Waals surface area (Å²) in [5, 5.41) is 0.671. The third-order valence-corrected chi connectivity index (χ3v) is 3.87. The minimum Gasteiger partial charge on any atom is -0.454 e. The van der Waals surface area contributed by atoms with E-state index in [0.29, 0.717) is 10.6 Å². The molecular weight excluding hydrogens is 310 g/mol. The summed E-state index contributed by atoms with van der Waals surface area (Å²) < 4.78 is 5.74. The number of benzene rings is 2. The summed E-state index contributed by atoms with van der Waals surface area (Å²) in [6, 6.07) is 14.9. The number of aryl methyl sites for hydroxylation is 1. The van der Waals surface area contributed by atoms with Crippen molar-refractivity contribution < 1.29 is 9.53 Å². The average Bonchev–Trinajstić information content (AvgIpc) is 2.52. The number of nitrogens with zero attached hydrogens (tertiary/aromatic N) is 1. The molecule has 0 aliphatic rings. The maximum atomic E-state index is 12.4. The van der Waals surface area contributed by atoms with Gasteiger partial charge in [0, 0.05) is 18.0 Å². The topological polar surface area (TPSA) is 29.5 Å². The molecule has 0 N–H and O–H groups in total. The van der Waals surface area contributed by atoms with E-state index in [2.05, 4.69) is 4.90 Å². The van der Waals surface area contributed by atoms with Gasteiger partial charge in [0.15, 0.2) is 0 Å². The number of carbonyl (C=O) groups is 1. The van der Waals surface area contributed by atoms with Crippen LogP contribution in [0.2, 0.25) is 5.02 Å². The summed E-state index contributed by atoms with van der Waals surface area (Å²) in [6.07, 6.45) is 0.440. The molecule has 2 rings (SSSR count). The zero-order valence-corrected chi connectivity index (χ0v) is 14.5. The lowest BCUT2D eigenvalue weighted by Crippen LogP contribution is -2.19. The molecule has 0 aromatic heterocycles. The average molecular weight is 332 g/mol. The number of esters is 1. The molecule has 0 bridgehead atoms. The van der Waals surface area contributed by atoms with E-state index in [1.807, 2.05) is 57.4 Å². The van der Waals surface area contributed by atoms with E-state index in [9.17, 15) is 4.79 Å². The fourth-order valence-corrected chi connectivity index (χ4v) is 2.36. The quantitative estimate of drug-likeness (QED) is 0.730. The molecule has 2 aromatic carbocycles. The van der Waals surface area contributed by atoms with Crippen LogP contribution in [0.5, 0.6) is 0 Å². The lowest BCUT2D eigenvalue weighted by Gasteiger charge is -2.20. The molecule has 1 unspecified atom stereocenters. The molecule has 0 amide bonds. The third kappa shape index (κ3) is 5.38. The van der Waals surface area contributed by atoms with E-state index in [0.717, 1.165) is 24.1 Å². The van der Waals surface area contributed by atoms with Gasteiger partial charge in [0.1, 0.15) is 6.10 Å². The van der Waals surface area contributed by atoms with Crippen molar-refractivity contribution in [1.29, 1.82) is 0 Å². The summed E-state index contributed by atoms with van der Waals surface area (Å²) in [7, 11) is 4.00. The SMILES string of the molecule is Cc1ccc(C(=O)OC(CCN(C)C)c2ccc(Cl)cc2)cc1. The Morgan fingerprint density at radius 2 is 1.70 bits per heavy atom. The first-order valence-electron chi connectivity index (χ1n) is 7.63. The molecule has 2 aromatic rings. The molecule has 122 valence electrons. The van der Waals surface area contributed by atoms with Crippen LogP contribution >= 0.6 is 11.6 Å². The van der Waals surface area contributed by atoms with Crippen LogP contribution in [-0.4, -0.2) is 31.5 Å². The van der Waals surface area contributed by atoms with Crippen LogP contribution in [0.3, 0.4) is 0 Å². The first kappa shape index (κ1) is 17.5. The molecule has 0 fully saturated rings. The zero-order chi connectivity index (χ0) is 16.8. The number of ether oxygens (including phenoxy) is 1. The van der Waals surface area contributed by atoms with Crippen molar-refractivity contribution in [3.05, 3.63) is 70.2 Å². The highest BCUT2D eigenvalue weighted by molar-refractivity contribution is 6.30. The van der Waals surface area contributed by atoms with Gasteiger partial charge in [-0.25, -0.2) is 4.79 Å². The first-order chi connectivity index (χ1) is 11.0. The Hall–Kier alpha value is -1.84. The van der Waals surface area contributed by atoms with Crippen LogP contribution in [0.1, 0.15) is 34.0 Å². The molecule has 0 heterocycles. The van der Waals surface area contributed by atoms with E-state index in [-0.39, 0.29) is 12.1 Å². The molecule has 1 atom stereocenters. The Labute approximate surface area is 142 Å². The van der Waals surface area contributed by atoms with E-state index in [1.54, 1.807) is 12.1 Å². The largest absolute Gasteiger partial charge is 0.454 e. The fourth-order valence-electron chi connectivity index (χ4n) is 2.23. The molecule has 0 aliphatic heterocycles.